The predicted molar refractivity (Wildman–Crippen MR) is 93.5 cm³/mol. The Morgan fingerprint density at radius 1 is 1.17 bits per heavy atom. The first-order valence-electron chi connectivity index (χ1n) is 6.94. The van der Waals surface area contributed by atoms with Gasteiger partial charge in [-0.15, -0.1) is 0 Å². The summed E-state index contributed by atoms with van der Waals surface area (Å²) in [6.07, 6.45) is 0. The smallest absolute Gasteiger partial charge is 0.305 e. The number of thiocarbonyl (C=S) groups is 1. The molecule has 0 atom stereocenters. The van der Waals surface area contributed by atoms with Crippen molar-refractivity contribution in [2.75, 3.05) is 19.4 Å². The minimum Gasteiger partial charge on any atom is -0.450 e. The van der Waals surface area contributed by atoms with Crippen LogP contribution in [0.1, 0.15) is 16.3 Å². The van der Waals surface area contributed by atoms with Gasteiger partial charge >= 0.3 is 5.91 Å². The molecule has 0 spiro atoms. The van der Waals surface area contributed by atoms with Gasteiger partial charge in [0.1, 0.15) is 6.54 Å². The van der Waals surface area contributed by atoms with Gasteiger partial charge < -0.3 is 14.6 Å². The molecule has 0 fully saturated rings. The van der Waals surface area contributed by atoms with Crippen LogP contribution in [-0.4, -0.2) is 25.1 Å². The van der Waals surface area contributed by atoms with Crippen LogP contribution in [0, 0.1) is 0 Å². The zero-order valence-corrected chi connectivity index (χ0v) is 14.3. The SMILES string of the molecule is C[NH+](C)Cc1ccc(C(=O)NNC(=S)Nc2ccc(Cl)cc2)o1. The van der Waals surface area contributed by atoms with Crippen molar-refractivity contribution in [1.82, 2.24) is 10.9 Å². The summed E-state index contributed by atoms with van der Waals surface area (Å²) in [5.74, 6) is 0.574. The highest BCUT2D eigenvalue weighted by atomic mass is 35.5. The van der Waals surface area contributed by atoms with E-state index in [1.807, 2.05) is 14.1 Å². The van der Waals surface area contributed by atoms with Crippen LogP contribution >= 0.6 is 23.8 Å². The Morgan fingerprint density at radius 3 is 2.52 bits per heavy atom. The van der Waals surface area contributed by atoms with Gasteiger partial charge in [-0.3, -0.25) is 15.6 Å². The van der Waals surface area contributed by atoms with Crippen molar-refractivity contribution >= 4 is 40.5 Å². The largest absolute Gasteiger partial charge is 0.450 e. The van der Waals surface area contributed by atoms with Gasteiger partial charge in [-0.1, -0.05) is 11.6 Å². The van der Waals surface area contributed by atoms with Crippen LogP contribution in [0.3, 0.4) is 0 Å². The summed E-state index contributed by atoms with van der Waals surface area (Å²) in [4.78, 5) is 13.2. The number of benzene rings is 1. The van der Waals surface area contributed by atoms with Crippen molar-refractivity contribution in [3.8, 4) is 0 Å². The van der Waals surface area contributed by atoms with E-state index < -0.39 is 5.91 Å². The zero-order chi connectivity index (χ0) is 16.8. The third-order valence-electron chi connectivity index (χ3n) is 2.80. The standard InChI is InChI=1S/C15H17ClN4O2S/c1-20(2)9-12-7-8-13(22-12)14(21)18-19-15(23)17-11-5-3-10(16)4-6-11/h3-8H,9H2,1-2H3,(H,18,21)(H2,17,19,23)/p+1. The fourth-order valence-electron chi connectivity index (χ4n) is 1.81. The van der Waals surface area contributed by atoms with E-state index in [9.17, 15) is 4.79 Å². The summed E-state index contributed by atoms with van der Waals surface area (Å²) >= 11 is 10.9. The van der Waals surface area contributed by atoms with E-state index in [-0.39, 0.29) is 10.9 Å². The van der Waals surface area contributed by atoms with Gasteiger partial charge in [0.25, 0.3) is 0 Å². The number of quaternary nitrogens is 1. The van der Waals surface area contributed by atoms with Crippen molar-refractivity contribution < 1.29 is 14.1 Å². The molecule has 0 aliphatic heterocycles. The summed E-state index contributed by atoms with van der Waals surface area (Å²) in [7, 11) is 4.01. The average molecular weight is 354 g/mol. The van der Waals surface area contributed by atoms with Crippen LogP contribution in [0.15, 0.2) is 40.8 Å². The number of rotatable bonds is 4. The number of halogens is 1. The van der Waals surface area contributed by atoms with Crippen LogP contribution in [-0.2, 0) is 6.54 Å². The lowest BCUT2D eigenvalue weighted by atomic mass is 10.3. The first-order chi connectivity index (χ1) is 10.9. The van der Waals surface area contributed by atoms with Crippen molar-refractivity contribution in [3.63, 3.8) is 0 Å². The first kappa shape index (κ1) is 17.3. The molecule has 0 bridgehead atoms. The number of furan rings is 1. The fourth-order valence-corrected chi connectivity index (χ4v) is 2.11. The van der Waals surface area contributed by atoms with Crippen LogP contribution in [0.25, 0.3) is 0 Å². The molecule has 0 aliphatic carbocycles. The lowest BCUT2D eigenvalue weighted by molar-refractivity contribution is -0.873. The highest BCUT2D eigenvalue weighted by Crippen LogP contribution is 2.13. The Kier molecular flexibility index (Phi) is 5.97. The summed E-state index contributed by atoms with van der Waals surface area (Å²) in [6, 6.07) is 10.4. The van der Waals surface area contributed by atoms with Gasteiger partial charge in [0.15, 0.2) is 16.6 Å². The van der Waals surface area contributed by atoms with Crippen molar-refractivity contribution in [2.24, 2.45) is 0 Å². The highest BCUT2D eigenvalue weighted by molar-refractivity contribution is 7.80. The normalized spacial score (nSPS) is 10.4. The fraction of sp³-hybridized carbons (Fsp3) is 0.200. The summed E-state index contributed by atoms with van der Waals surface area (Å²) in [5, 5.41) is 3.81. The second-order valence-corrected chi connectivity index (χ2v) is 6.03. The summed E-state index contributed by atoms with van der Waals surface area (Å²) in [5.41, 5.74) is 5.85. The number of hydrazine groups is 1. The molecular formula is C15H18ClN4O2S+. The topological polar surface area (TPSA) is 70.7 Å². The molecule has 1 heterocycles. The summed E-state index contributed by atoms with van der Waals surface area (Å²) in [6.45, 7) is 0.706. The number of amides is 1. The van der Waals surface area contributed by atoms with E-state index >= 15 is 0 Å². The molecule has 122 valence electrons. The second-order valence-electron chi connectivity index (χ2n) is 5.19. The van der Waals surface area contributed by atoms with Crippen LogP contribution in [0.2, 0.25) is 5.02 Å². The zero-order valence-electron chi connectivity index (χ0n) is 12.8. The number of nitrogens with one attached hydrogen (secondary N) is 4. The third-order valence-corrected chi connectivity index (χ3v) is 3.26. The maximum atomic E-state index is 12.0. The van der Waals surface area contributed by atoms with E-state index in [1.165, 1.54) is 4.90 Å². The second kappa shape index (κ2) is 7.96. The summed E-state index contributed by atoms with van der Waals surface area (Å²) < 4.78 is 5.47. The lowest BCUT2D eigenvalue weighted by Gasteiger charge is -2.10. The molecule has 2 rings (SSSR count). The molecule has 1 aromatic carbocycles. The number of carbonyl (C=O) groups excluding carboxylic acids is 1. The van der Waals surface area contributed by atoms with E-state index in [0.29, 0.717) is 11.6 Å². The van der Waals surface area contributed by atoms with E-state index in [0.717, 1.165) is 11.4 Å². The molecule has 8 heteroatoms. The van der Waals surface area contributed by atoms with E-state index in [2.05, 4.69) is 16.2 Å². The van der Waals surface area contributed by atoms with E-state index in [1.54, 1.807) is 36.4 Å². The lowest BCUT2D eigenvalue weighted by Crippen LogP contribution is -3.04. The van der Waals surface area contributed by atoms with Crippen molar-refractivity contribution in [2.45, 2.75) is 6.54 Å². The molecule has 4 N–H and O–H groups in total. The van der Waals surface area contributed by atoms with Gasteiger partial charge in [0.2, 0.25) is 0 Å². The van der Waals surface area contributed by atoms with Gasteiger partial charge in [-0.05, 0) is 48.6 Å². The van der Waals surface area contributed by atoms with Crippen molar-refractivity contribution in [1.29, 1.82) is 0 Å². The Bertz CT molecular complexity index is 685. The third kappa shape index (κ3) is 5.55. The first-order valence-corrected chi connectivity index (χ1v) is 7.73. The minimum atomic E-state index is -0.398. The maximum absolute atomic E-state index is 12.0. The quantitative estimate of drug-likeness (QED) is 0.491. The maximum Gasteiger partial charge on any atom is 0.305 e. The predicted octanol–water partition coefficient (Wildman–Crippen LogP) is 1.21. The number of carbonyl (C=O) groups is 1. The number of hydrogen-bond donors (Lipinski definition) is 4. The molecule has 6 nitrogen and oxygen atoms in total. The van der Waals surface area contributed by atoms with Gasteiger partial charge in [-0.2, -0.15) is 0 Å². The molecule has 0 radical (unpaired) electrons. The molecule has 1 aromatic heterocycles. The van der Waals surface area contributed by atoms with Gasteiger partial charge in [0.05, 0.1) is 14.1 Å². The van der Waals surface area contributed by atoms with Crippen molar-refractivity contribution in [3.05, 3.63) is 52.9 Å². The molecular weight excluding hydrogens is 336 g/mol. The molecule has 1 amide bonds. The number of hydrogen-bond acceptors (Lipinski definition) is 3. The minimum absolute atomic E-state index is 0.225. The molecule has 0 unspecified atom stereocenters. The molecule has 0 saturated heterocycles. The average Bonchev–Trinajstić information content (AvgIpc) is 2.95. The van der Waals surface area contributed by atoms with Crippen LogP contribution < -0.4 is 21.1 Å². The molecule has 0 saturated carbocycles. The molecule has 23 heavy (non-hydrogen) atoms. The van der Waals surface area contributed by atoms with Crippen LogP contribution in [0.5, 0.6) is 0 Å². The van der Waals surface area contributed by atoms with E-state index in [4.69, 9.17) is 28.2 Å². The van der Waals surface area contributed by atoms with Gasteiger partial charge in [0, 0.05) is 10.7 Å². The molecule has 0 aliphatic rings. The Morgan fingerprint density at radius 2 is 1.87 bits per heavy atom. The molecule has 2 aromatic rings. The van der Waals surface area contributed by atoms with Gasteiger partial charge in [-0.25, -0.2) is 0 Å². The Balaban J connectivity index is 1.82. The van der Waals surface area contributed by atoms with Crippen LogP contribution in [0.4, 0.5) is 5.69 Å². The Labute approximate surface area is 144 Å². The highest BCUT2D eigenvalue weighted by Gasteiger charge is 2.12. The number of anilines is 1. The Hall–Kier alpha value is -2.09. The monoisotopic (exact) mass is 353 g/mol.